The Morgan fingerprint density at radius 3 is 2.44 bits per heavy atom. The number of carbonyl (C=O) groups excluding carboxylic acids is 2. The first-order valence-corrected chi connectivity index (χ1v) is 6.09. The average molecular weight is 270 g/mol. The van der Waals surface area contributed by atoms with Gasteiger partial charge < -0.3 is 9.64 Å². The second-order valence-corrected chi connectivity index (χ2v) is 4.26. The van der Waals surface area contributed by atoms with Crippen molar-refractivity contribution < 1.29 is 14.3 Å². The summed E-state index contributed by atoms with van der Waals surface area (Å²) >= 11 is 5.78. The van der Waals surface area contributed by atoms with Gasteiger partial charge in [0.25, 0.3) is 0 Å². The summed E-state index contributed by atoms with van der Waals surface area (Å²) in [6, 6.07) is 7.38. The molecule has 0 radical (unpaired) electrons. The molecule has 4 nitrogen and oxygen atoms in total. The Bertz CT molecular complexity index is 417. The number of ether oxygens (including phenoxy) is 1. The molecule has 0 unspecified atom stereocenters. The molecule has 1 aromatic rings. The largest absolute Gasteiger partial charge is 0.459 e. The molecular weight excluding hydrogens is 254 g/mol. The Labute approximate surface area is 111 Å². The number of likely N-dealkylation sites (N-methyl/N-ethyl adjacent to an activating group) is 1. The first-order chi connectivity index (χ1) is 8.54. The van der Waals surface area contributed by atoms with Gasteiger partial charge in [-0.05, 0) is 31.0 Å². The number of carbonyl (C=O) groups is 2. The summed E-state index contributed by atoms with van der Waals surface area (Å²) in [5.74, 6) is -1.43. The van der Waals surface area contributed by atoms with E-state index < -0.39 is 11.9 Å². The van der Waals surface area contributed by atoms with Gasteiger partial charge in [0.2, 0.25) is 0 Å². The Kier molecular flexibility index (Phi) is 5.65. The first kappa shape index (κ1) is 14.5. The quantitative estimate of drug-likeness (QED) is 0.620. The van der Waals surface area contributed by atoms with Crippen LogP contribution < -0.4 is 0 Å². The molecule has 0 aromatic heterocycles. The molecule has 18 heavy (non-hydrogen) atoms. The van der Waals surface area contributed by atoms with E-state index in [9.17, 15) is 9.59 Å². The molecule has 0 spiro atoms. The molecule has 0 aliphatic rings. The normalized spacial score (nSPS) is 9.94. The number of hydrogen-bond donors (Lipinski definition) is 0. The van der Waals surface area contributed by atoms with Crippen LogP contribution in [0.2, 0.25) is 5.02 Å². The zero-order valence-corrected chi connectivity index (χ0v) is 11.2. The van der Waals surface area contributed by atoms with Crippen LogP contribution in [0.4, 0.5) is 0 Å². The van der Waals surface area contributed by atoms with E-state index in [2.05, 4.69) is 4.74 Å². The highest BCUT2D eigenvalue weighted by molar-refractivity contribution is 6.32. The molecule has 0 saturated carbocycles. The SMILES string of the molecule is CCOC(=O)C(=O)N(C)CCc1ccc(Cl)cc1. The molecule has 98 valence electrons. The molecule has 0 saturated heterocycles. The van der Waals surface area contributed by atoms with Crippen molar-refractivity contribution in [1.29, 1.82) is 0 Å². The van der Waals surface area contributed by atoms with Crippen LogP contribution in [0.5, 0.6) is 0 Å². The summed E-state index contributed by atoms with van der Waals surface area (Å²) in [5, 5.41) is 0.676. The van der Waals surface area contributed by atoms with E-state index in [1.54, 1.807) is 26.1 Å². The van der Waals surface area contributed by atoms with E-state index in [-0.39, 0.29) is 6.61 Å². The van der Waals surface area contributed by atoms with Crippen molar-refractivity contribution in [3.63, 3.8) is 0 Å². The van der Waals surface area contributed by atoms with E-state index in [1.807, 2.05) is 12.1 Å². The van der Waals surface area contributed by atoms with Crippen LogP contribution in [-0.2, 0) is 20.7 Å². The van der Waals surface area contributed by atoms with Gasteiger partial charge in [-0.15, -0.1) is 0 Å². The zero-order valence-electron chi connectivity index (χ0n) is 10.5. The molecular formula is C13H16ClNO3. The van der Waals surface area contributed by atoms with Gasteiger partial charge in [-0.2, -0.15) is 0 Å². The third kappa shape index (κ3) is 4.37. The van der Waals surface area contributed by atoms with E-state index >= 15 is 0 Å². The van der Waals surface area contributed by atoms with Crippen molar-refractivity contribution in [3.8, 4) is 0 Å². The van der Waals surface area contributed by atoms with Crippen molar-refractivity contribution in [2.45, 2.75) is 13.3 Å². The Morgan fingerprint density at radius 2 is 1.89 bits per heavy atom. The average Bonchev–Trinajstić information content (AvgIpc) is 2.37. The van der Waals surface area contributed by atoms with Crippen LogP contribution in [0.25, 0.3) is 0 Å². The second-order valence-electron chi connectivity index (χ2n) is 3.82. The van der Waals surface area contributed by atoms with Gasteiger partial charge in [0.05, 0.1) is 6.61 Å². The minimum absolute atomic E-state index is 0.204. The number of halogens is 1. The molecule has 0 atom stereocenters. The lowest BCUT2D eigenvalue weighted by Gasteiger charge is -2.15. The smallest absolute Gasteiger partial charge is 0.396 e. The van der Waals surface area contributed by atoms with Crippen LogP contribution >= 0.6 is 11.6 Å². The van der Waals surface area contributed by atoms with Crippen LogP contribution in [0.3, 0.4) is 0 Å². The van der Waals surface area contributed by atoms with Gasteiger partial charge in [0.15, 0.2) is 0 Å². The van der Waals surface area contributed by atoms with Crippen molar-refractivity contribution >= 4 is 23.5 Å². The fraction of sp³-hybridized carbons (Fsp3) is 0.385. The maximum Gasteiger partial charge on any atom is 0.396 e. The lowest BCUT2D eigenvalue weighted by Crippen LogP contribution is -2.35. The van der Waals surface area contributed by atoms with E-state index in [0.717, 1.165) is 5.56 Å². The standard InChI is InChI=1S/C13H16ClNO3/c1-3-18-13(17)12(16)15(2)9-8-10-4-6-11(14)7-5-10/h4-7H,3,8-9H2,1-2H3. The van der Waals surface area contributed by atoms with Gasteiger partial charge in [-0.1, -0.05) is 23.7 Å². The third-order valence-electron chi connectivity index (χ3n) is 2.45. The van der Waals surface area contributed by atoms with Gasteiger partial charge in [0, 0.05) is 18.6 Å². The fourth-order valence-corrected chi connectivity index (χ4v) is 1.52. The molecule has 0 bridgehead atoms. The molecule has 0 N–H and O–H groups in total. The summed E-state index contributed by atoms with van der Waals surface area (Å²) in [4.78, 5) is 24.1. The summed E-state index contributed by atoms with van der Waals surface area (Å²) in [6.45, 7) is 2.33. The summed E-state index contributed by atoms with van der Waals surface area (Å²) in [5.41, 5.74) is 1.06. The summed E-state index contributed by atoms with van der Waals surface area (Å²) < 4.78 is 4.64. The minimum atomic E-state index is -0.809. The Morgan fingerprint density at radius 1 is 1.28 bits per heavy atom. The number of rotatable bonds is 4. The predicted octanol–water partition coefficient (Wildman–Crippen LogP) is 1.90. The number of benzene rings is 1. The topological polar surface area (TPSA) is 46.6 Å². The predicted molar refractivity (Wildman–Crippen MR) is 69.4 cm³/mol. The monoisotopic (exact) mass is 269 g/mol. The lowest BCUT2D eigenvalue weighted by molar-refractivity contribution is -0.159. The molecule has 1 aromatic carbocycles. The molecule has 0 heterocycles. The maximum atomic E-state index is 11.5. The first-order valence-electron chi connectivity index (χ1n) is 5.71. The van der Waals surface area contributed by atoms with Crippen molar-refractivity contribution in [3.05, 3.63) is 34.9 Å². The van der Waals surface area contributed by atoms with Gasteiger partial charge in [-0.3, -0.25) is 4.79 Å². The van der Waals surface area contributed by atoms with E-state index in [4.69, 9.17) is 11.6 Å². The van der Waals surface area contributed by atoms with E-state index in [0.29, 0.717) is 18.0 Å². The van der Waals surface area contributed by atoms with Gasteiger partial charge >= 0.3 is 11.9 Å². The van der Waals surface area contributed by atoms with Crippen LogP contribution in [0.15, 0.2) is 24.3 Å². The van der Waals surface area contributed by atoms with Crippen LogP contribution in [0, 0.1) is 0 Å². The Hall–Kier alpha value is -1.55. The highest BCUT2D eigenvalue weighted by Gasteiger charge is 2.19. The Balaban J connectivity index is 2.45. The van der Waals surface area contributed by atoms with Crippen molar-refractivity contribution in [1.82, 2.24) is 4.90 Å². The van der Waals surface area contributed by atoms with E-state index in [1.165, 1.54) is 4.90 Å². The zero-order chi connectivity index (χ0) is 13.5. The molecule has 1 amide bonds. The molecule has 1 rings (SSSR count). The summed E-state index contributed by atoms with van der Waals surface area (Å²) in [7, 11) is 1.58. The number of amides is 1. The van der Waals surface area contributed by atoms with Gasteiger partial charge in [0.1, 0.15) is 0 Å². The van der Waals surface area contributed by atoms with Crippen molar-refractivity contribution in [2.24, 2.45) is 0 Å². The molecule has 0 fully saturated rings. The highest BCUT2D eigenvalue weighted by Crippen LogP contribution is 2.10. The third-order valence-corrected chi connectivity index (χ3v) is 2.70. The molecule has 0 aliphatic carbocycles. The highest BCUT2D eigenvalue weighted by atomic mass is 35.5. The molecule has 5 heteroatoms. The fourth-order valence-electron chi connectivity index (χ4n) is 1.40. The molecule has 0 aliphatic heterocycles. The number of hydrogen-bond acceptors (Lipinski definition) is 3. The minimum Gasteiger partial charge on any atom is -0.459 e. The summed E-state index contributed by atoms with van der Waals surface area (Å²) in [6.07, 6.45) is 0.665. The van der Waals surface area contributed by atoms with Crippen LogP contribution in [0.1, 0.15) is 12.5 Å². The van der Waals surface area contributed by atoms with Gasteiger partial charge in [-0.25, -0.2) is 4.79 Å². The second kappa shape index (κ2) is 7.01. The lowest BCUT2D eigenvalue weighted by atomic mass is 10.1. The van der Waals surface area contributed by atoms with Crippen molar-refractivity contribution in [2.75, 3.05) is 20.2 Å². The number of nitrogens with zero attached hydrogens (tertiary/aromatic N) is 1. The number of esters is 1. The van der Waals surface area contributed by atoms with Crippen LogP contribution in [-0.4, -0.2) is 37.0 Å². The maximum absolute atomic E-state index is 11.5.